The van der Waals surface area contributed by atoms with Gasteiger partial charge < -0.3 is 20.1 Å². The molecule has 2 aromatic carbocycles. The second kappa shape index (κ2) is 10.8. The molecule has 0 atom stereocenters. The summed E-state index contributed by atoms with van der Waals surface area (Å²) in [5.74, 6) is 1.99. The number of ether oxygens (including phenoxy) is 2. The minimum atomic E-state index is -0.0140. The molecular weight excluding hydrogens is 480 g/mol. The average molecular weight is 513 g/mol. The van der Waals surface area contributed by atoms with Gasteiger partial charge in [0.1, 0.15) is 11.6 Å². The van der Waals surface area contributed by atoms with E-state index >= 15 is 0 Å². The largest absolute Gasteiger partial charge is 0.439 e. The molecule has 1 aliphatic carbocycles. The minimum Gasteiger partial charge on any atom is -0.439 e. The summed E-state index contributed by atoms with van der Waals surface area (Å²) in [4.78, 5) is 19.8. The normalized spacial score (nSPS) is 15.9. The van der Waals surface area contributed by atoms with Crippen molar-refractivity contribution in [3.63, 3.8) is 0 Å². The number of fused-ring (bicyclic) bond motifs is 1. The van der Waals surface area contributed by atoms with Crippen LogP contribution in [0.4, 0.5) is 5.82 Å². The molecule has 2 aromatic heterocycles. The van der Waals surface area contributed by atoms with Crippen molar-refractivity contribution in [3.8, 4) is 22.8 Å². The zero-order valence-corrected chi connectivity index (χ0v) is 21.5. The fourth-order valence-electron chi connectivity index (χ4n) is 4.68. The molecule has 1 amide bonds. The molecule has 9 nitrogen and oxygen atoms in total. The molecule has 0 radical (unpaired) electrons. The number of aryl methyl sites for hydroxylation is 1. The first-order valence-electron chi connectivity index (χ1n) is 13.2. The monoisotopic (exact) mass is 512 g/mol. The van der Waals surface area contributed by atoms with Crippen LogP contribution in [-0.2, 0) is 4.74 Å². The Kier molecular flexibility index (Phi) is 6.94. The summed E-state index contributed by atoms with van der Waals surface area (Å²) >= 11 is 0. The van der Waals surface area contributed by atoms with E-state index in [4.69, 9.17) is 14.5 Å². The van der Waals surface area contributed by atoms with Gasteiger partial charge in [-0.2, -0.15) is 14.6 Å². The van der Waals surface area contributed by atoms with Gasteiger partial charge in [0.25, 0.3) is 5.91 Å². The van der Waals surface area contributed by atoms with Crippen LogP contribution >= 0.6 is 0 Å². The highest BCUT2D eigenvalue weighted by Gasteiger charge is 2.24. The topological polar surface area (TPSA) is 93.0 Å². The van der Waals surface area contributed by atoms with E-state index in [1.54, 1.807) is 0 Å². The van der Waals surface area contributed by atoms with Crippen molar-refractivity contribution in [1.29, 1.82) is 0 Å². The molecule has 1 saturated heterocycles. The van der Waals surface area contributed by atoms with Crippen molar-refractivity contribution in [1.82, 2.24) is 24.8 Å². The van der Waals surface area contributed by atoms with Gasteiger partial charge in [-0.15, -0.1) is 0 Å². The fourth-order valence-corrected chi connectivity index (χ4v) is 4.68. The maximum Gasteiger partial charge on any atom is 0.251 e. The molecule has 38 heavy (non-hydrogen) atoms. The molecule has 1 aliphatic heterocycles. The molecular formula is C29H32N6O3. The van der Waals surface area contributed by atoms with Crippen molar-refractivity contribution in [2.75, 3.05) is 44.7 Å². The van der Waals surface area contributed by atoms with Crippen LogP contribution in [0.15, 0.2) is 60.8 Å². The maximum absolute atomic E-state index is 12.6. The van der Waals surface area contributed by atoms with Gasteiger partial charge in [-0.25, -0.2) is 0 Å². The van der Waals surface area contributed by atoms with Gasteiger partial charge >= 0.3 is 0 Å². The molecule has 196 valence electrons. The summed E-state index contributed by atoms with van der Waals surface area (Å²) < 4.78 is 13.4. The van der Waals surface area contributed by atoms with Gasteiger partial charge in [0.15, 0.2) is 5.65 Å². The van der Waals surface area contributed by atoms with Gasteiger partial charge in [-0.05, 0) is 49.1 Å². The Hall–Kier alpha value is -3.95. The Labute approximate surface area is 221 Å². The second-order valence-electron chi connectivity index (χ2n) is 9.85. The van der Waals surface area contributed by atoms with E-state index < -0.39 is 0 Å². The number of anilines is 1. The highest BCUT2D eigenvalue weighted by molar-refractivity contribution is 5.97. The first kappa shape index (κ1) is 24.4. The number of carbonyl (C=O) groups is 1. The Bertz CT molecular complexity index is 1430. The lowest BCUT2D eigenvalue weighted by atomic mass is 10.0. The third-order valence-electron chi connectivity index (χ3n) is 6.95. The van der Waals surface area contributed by atoms with Gasteiger partial charge in [-0.3, -0.25) is 9.69 Å². The van der Waals surface area contributed by atoms with Gasteiger partial charge in [0.2, 0.25) is 5.88 Å². The van der Waals surface area contributed by atoms with Crippen LogP contribution in [0.5, 0.6) is 11.6 Å². The predicted octanol–water partition coefficient (Wildman–Crippen LogP) is 4.13. The first-order chi connectivity index (χ1) is 18.6. The van der Waals surface area contributed by atoms with Crippen LogP contribution in [0.3, 0.4) is 0 Å². The Morgan fingerprint density at radius 3 is 2.68 bits per heavy atom. The third kappa shape index (κ3) is 5.49. The maximum atomic E-state index is 12.6. The fraction of sp³-hybridized carbons (Fsp3) is 0.345. The number of morpholine rings is 1. The van der Waals surface area contributed by atoms with Crippen LogP contribution in [0.1, 0.15) is 28.8 Å². The third-order valence-corrected chi connectivity index (χ3v) is 6.95. The SMILES string of the molecule is Cc1cc(-c2cnn3c(NCCN4CCOCC4)cc(Oc4ccccc4)nc23)ccc1C(=O)NC1CC1. The highest BCUT2D eigenvalue weighted by Crippen LogP contribution is 2.31. The van der Waals surface area contributed by atoms with Crippen LogP contribution in [0.2, 0.25) is 0 Å². The number of para-hydroxylation sites is 1. The van der Waals surface area contributed by atoms with Gasteiger partial charge in [-0.1, -0.05) is 30.3 Å². The molecule has 0 spiro atoms. The van der Waals surface area contributed by atoms with E-state index in [1.807, 2.05) is 72.2 Å². The molecule has 4 aromatic rings. The number of carbonyl (C=O) groups excluding carboxylic acids is 1. The highest BCUT2D eigenvalue weighted by atomic mass is 16.5. The van der Waals surface area contributed by atoms with Crippen molar-refractivity contribution in [2.24, 2.45) is 0 Å². The summed E-state index contributed by atoms with van der Waals surface area (Å²) in [6.07, 6.45) is 3.95. The lowest BCUT2D eigenvalue weighted by molar-refractivity contribution is 0.0398. The molecule has 2 fully saturated rings. The summed E-state index contributed by atoms with van der Waals surface area (Å²) in [5.41, 5.74) is 4.12. The van der Waals surface area contributed by atoms with E-state index in [9.17, 15) is 4.79 Å². The van der Waals surface area contributed by atoms with Crippen LogP contribution in [0, 0.1) is 6.92 Å². The van der Waals surface area contributed by atoms with Crippen molar-refractivity contribution >= 4 is 17.4 Å². The molecule has 1 saturated carbocycles. The minimum absolute atomic E-state index is 0.0140. The van der Waals surface area contributed by atoms with Crippen LogP contribution in [-0.4, -0.2) is 70.8 Å². The van der Waals surface area contributed by atoms with Crippen LogP contribution < -0.4 is 15.4 Å². The van der Waals surface area contributed by atoms with Crippen LogP contribution in [0.25, 0.3) is 16.8 Å². The molecule has 2 aliphatic rings. The molecule has 6 rings (SSSR count). The number of benzene rings is 2. The Balaban J connectivity index is 1.30. The number of nitrogens with one attached hydrogen (secondary N) is 2. The Morgan fingerprint density at radius 2 is 1.92 bits per heavy atom. The summed E-state index contributed by atoms with van der Waals surface area (Å²) in [5, 5.41) is 11.3. The summed E-state index contributed by atoms with van der Waals surface area (Å²) in [6, 6.07) is 17.7. The predicted molar refractivity (Wildman–Crippen MR) is 146 cm³/mol. The number of amides is 1. The van der Waals surface area contributed by atoms with Gasteiger partial charge in [0.05, 0.1) is 19.4 Å². The molecule has 0 unspecified atom stereocenters. The standard InChI is InChI=1S/C29H32N6O3/c1-20-17-21(7-10-24(20)29(36)32-22-8-9-22)25-19-31-35-26(30-11-12-34-13-15-37-16-14-34)18-27(33-28(25)35)38-23-5-3-2-4-6-23/h2-7,10,17-19,22,30H,8-9,11-16H2,1H3,(H,32,36). The van der Waals surface area contributed by atoms with E-state index in [1.165, 1.54) is 0 Å². The lowest BCUT2D eigenvalue weighted by Gasteiger charge is -2.26. The summed E-state index contributed by atoms with van der Waals surface area (Å²) in [6.45, 7) is 7.05. The number of aromatic nitrogens is 3. The van der Waals surface area contributed by atoms with Crippen molar-refractivity contribution in [3.05, 3.63) is 71.9 Å². The molecule has 9 heteroatoms. The second-order valence-corrected chi connectivity index (χ2v) is 9.85. The Morgan fingerprint density at radius 1 is 1.11 bits per heavy atom. The number of rotatable bonds is 9. The molecule has 3 heterocycles. The van der Waals surface area contributed by atoms with E-state index in [0.717, 1.165) is 74.7 Å². The van der Waals surface area contributed by atoms with Crippen molar-refractivity contribution in [2.45, 2.75) is 25.8 Å². The number of hydrogen-bond acceptors (Lipinski definition) is 7. The molecule has 2 N–H and O–H groups in total. The smallest absolute Gasteiger partial charge is 0.251 e. The van der Waals surface area contributed by atoms with Gasteiger partial charge in [0, 0.05) is 49.4 Å². The molecule has 0 bridgehead atoms. The zero-order valence-electron chi connectivity index (χ0n) is 21.5. The summed E-state index contributed by atoms with van der Waals surface area (Å²) in [7, 11) is 0. The zero-order chi connectivity index (χ0) is 25.9. The first-order valence-corrected chi connectivity index (χ1v) is 13.2. The lowest BCUT2D eigenvalue weighted by Crippen LogP contribution is -2.39. The van der Waals surface area contributed by atoms with E-state index in [2.05, 4.69) is 20.6 Å². The average Bonchev–Trinajstić information content (AvgIpc) is 3.64. The quantitative estimate of drug-likeness (QED) is 0.348. The van der Waals surface area contributed by atoms with E-state index in [0.29, 0.717) is 28.9 Å². The number of nitrogens with zero attached hydrogens (tertiary/aromatic N) is 4. The van der Waals surface area contributed by atoms with E-state index in [-0.39, 0.29) is 5.91 Å². The number of hydrogen-bond donors (Lipinski definition) is 2. The van der Waals surface area contributed by atoms with Crippen molar-refractivity contribution < 1.29 is 14.3 Å².